The van der Waals surface area contributed by atoms with Crippen LogP contribution in [0.4, 0.5) is 0 Å². The third kappa shape index (κ3) is 6.75. The van der Waals surface area contributed by atoms with Gasteiger partial charge in [0.1, 0.15) is 6.10 Å². The molecule has 0 spiro atoms. The van der Waals surface area contributed by atoms with Gasteiger partial charge in [-0.15, -0.1) is 0 Å². The number of likely N-dealkylation sites (tertiary alicyclic amines) is 1. The molecule has 1 aliphatic heterocycles. The molecule has 0 bridgehead atoms. The second kappa shape index (κ2) is 11.4. The van der Waals surface area contributed by atoms with E-state index in [1.54, 1.807) is 0 Å². The predicted molar refractivity (Wildman–Crippen MR) is 108 cm³/mol. The van der Waals surface area contributed by atoms with Crippen LogP contribution in [-0.2, 0) is 16.0 Å². The van der Waals surface area contributed by atoms with E-state index >= 15 is 0 Å². The topological polar surface area (TPSA) is 29.5 Å². The Morgan fingerprint density at radius 2 is 1.73 bits per heavy atom. The van der Waals surface area contributed by atoms with Gasteiger partial charge in [0.25, 0.3) is 0 Å². The highest BCUT2D eigenvalue weighted by Gasteiger charge is 2.40. The number of unbranched alkanes of at least 4 members (excludes halogenated alkanes) is 6. The highest BCUT2D eigenvalue weighted by atomic mass is 16.5. The standard InChI is InChI=1S/C23H37NO2/c1-4-5-6-7-8-9-13-16-21-18-23(26-19(2)25)22(24(21)3)17-20-14-11-10-12-15-20/h10-12,14-15,21-23H,4-9,13,16-18H2,1-3H3. The third-order valence-electron chi connectivity index (χ3n) is 5.78. The van der Waals surface area contributed by atoms with Crippen molar-refractivity contribution in [1.82, 2.24) is 4.90 Å². The molecule has 3 unspecified atom stereocenters. The molecular weight excluding hydrogens is 322 g/mol. The Morgan fingerprint density at radius 1 is 1.08 bits per heavy atom. The first-order valence-corrected chi connectivity index (χ1v) is 10.5. The molecule has 0 amide bonds. The third-order valence-corrected chi connectivity index (χ3v) is 5.78. The fraction of sp³-hybridized carbons (Fsp3) is 0.696. The zero-order valence-corrected chi connectivity index (χ0v) is 17.0. The number of rotatable bonds is 11. The lowest BCUT2D eigenvalue weighted by molar-refractivity contribution is -0.147. The van der Waals surface area contributed by atoms with E-state index in [9.17, 15) is 4.79 Å². The molecule has 146 valence electrons. The molecule has 0 aliphatic carbocycles. The molecule has 1 aromatic rings. The average molecular weight is 360 g/mol. The van der Waals surface area contributed by atoms with Crippen LogP contribution in [0.15, 0.2) is 30.3 Å². The van der Waals surface area contributed by atoms with Gasteiger partial charge in [-0.3, -0.25) is 9.69 Å². The van der Waals surface area contributed by atoms with Crippen molar-refractivity contribution in [2.45, 2.75) is 96.2 Å². The minimum Gasteiger partial charge on any atom is -0.461 e. The number of carbonyl (C=O) groups is 1. The number of hydrogen-bond acceptors (Lipinski definition) is 3. The highest BCUT2D eigenvalue weighted by molar-refractivity contribution is 5.66. The molecule has 1 saturated heterocycles. The Hall–Kier alpha value is -1.35. The Morgan fingerprint density at radius 3 is 2.38 bits per heavy atom. The van der Waals surface area contributed by atoms with Gasteiger partial charge in [0.15, 0.2) is 0 Å². The van der Waals surface area contributed by atoms with Gasteiger partial charge >= 0.3 is 5.97 Å². The van der Waals surface area contributed by atoms with Crippen LogP contribution < -0.4 is 0 Å². The first-order valence-electron chi connectivity index (χ1n) is 10.5. The van der Waals surface area contributed by atoms with E-state index in [1.807, 2.05) is 0 Å². The molecule has 1 aromatic carbocycles. The molecule has 2 rings (SSSR count). The summed E-state index contributed by atoms with van der Waals surface area (Å²) in [5, 5.41) is 0. The van der Waals surface area contributed by atoms with Crippen LogP contribution in [0.25, 0.3) is 0 Å². The Kier molecular flexibility index (Phi) is 9.17. The number of benzene rings is 1. The largest absolute Gasteiger partial charge is 0.461 e. The van der Waals surface area contributed by atoms with Gasteiger partial charge in [0, 0.05) is 19.4 Å². The van der Waals surface area contributed by atoms with Crippen molar-refractivity contribution in [1.29, 1.82) is 0 Å². The number of ether oxygens (including phenoxy) is 1. The van der Waals surface area contributed by atoms with Crippen LogP contribution in [0.3, 0.4) is 0 Å². The smallest absolute Gasteiger partial charge is 0.302 e. The molecule has 1 aliphatic rings. The zero-order chi connectivity index (χ0) is 18.8. The summed E-state index contributed by atoms with van der Waals surface area (Å²) in [4.78, 5) is 14.0. The first kappa shape index (κ1) is 21.0. The van der Waals surface area contributed by atoms with E-state index in [0.717, 1.165) is 12.8 Å². The number of esters is 1. The summed E-state index contributed by atoms with van der Waals surface area (Å²) in [6.07, 6.45) is 12.6. The molecule has 0 aromatic heterocycles. The highest BCUT2D eigenvalue weighted by Crippen LogP contribution is 2.31. The van der Waals surface area contributed by atoms with Crippen molar-refractivity contribution in [3.8, 4) is 0 Å². The SMILES string of the molecule is CCCCCCCCCC1CC(OC(C)=O)C(Cc2ccccc2)N1C. The molecular formula is C23H37NO2. The number of hydrogen-bond donors (Lipinski definition) is 0. The average Bonchev–Trinajstić information content (AvgIpc) is 2.90. The van der Waals surface area contributed by atoms with Crippen molar-refractivity contribution in [3.63, 3.8) is 0 Å². The van der Waals surface area contributed by atoms with Crippen LogP contribution >= 0.6 is 0 Å². The van der Waals surface area contributed by atoms with Crippen LogP contribution in [0, 0.1) is 0 Å². The first-order chi connectivity index (χ1) is 12.6. The maximum atomic E-state index is 11.6. The van der Waals surface area contributed by atoms with Crippen molar-refractivity contribution >= 4 is 5.97 Å². The minimum absolute atomic E-state index is 0.0206. The van der Waals surface area contributed by atoms with Gasteiger partial charge in [-0.2, -0.15) is 0 Å². The molecule has 0 radical (unpaired) electrons. The van der Waals surface area contributed by atoms with Gasteiger partial charge in [0.05, 0.1) is 6.04 Å². The summed E-state index contributed by atoms with van der Waals surface area (Å²) in [7, 11) is 2.21. The summed E-state index contributed by atoms with van der Waals surface area (Å²) in [5.74, 6) is -0.155. The number of nitrogens with zero attached hydrogens (tertiary/aromatic N) is 1. The second-order valence-electron chi connectivity index (χ2n) is 7.87. The summed E-state index contributed by atoms with van der Waals surface area (Å²) in [6, 6.07) is 11.4. The minimum atomic E-state index is -0.155. The van der Waals surface area contributed by atoms with Crippen molar-refractivity contribution in [2.75, 3.05) is 7.05 Å². The van der Waals surface area contributed by atoms with E-state index < -0.39 is 0 Å². The van der Waals surface area contributed by atoms with Crippen LogP contribution in [0.2, 0.25) is 0 Å². The van der Waals surface area contributed by atoms with Crippen molar-refractivity contribution < 1.29 is 9.53 Å². The van der Waals surface area contributed by atoms with Gasteiger partial charge < -0.3 is 4.74 Å². The fourth-order valence-electron chi connectivity index (χ4n) is 4.25. The lowest BCUT2D eigenvalue weighted by Gasteiger charge is -2.27. The Balaban J connectivity index is 1.83. The molecule has 26 heavy (non-hydrogen) atoms. The molecule has 0 saturated carbocycles. The van der Waals surface area contributed by atoms with Gasteiger partial charge in [-0.05, 0) is 25.5 Å². The lowest BCUT2D eigenvalue weighted by Crippen LogP contribution is -2.38. The maximum absolute atomic E-state index is 11.6. The van der Waals surface area contributed by atoms with Crippen molar-refractivity contribution in [3.05, 3.63) is 35.9 Å². The molecule has 1 heterocycles. The second-order valence-corrected chi connectivity index (χ2v) is 7.87. The van der Waals surface area contributed by atoms with Crippen LogP contribution in [0.1, 0.15) is 77.2 Å². The van der Waals surface area contributed by atoms with E-state index in [2.05, 4.69) is 49.2 Å². The maximum Gasteiger partial charge on any atom is 0.302 e. The van der Waals surface area contributed by atoms with E-state index in [-0.39, 0.29) is 18.1 Å². The predicted octanol–water partition coefficient (Wildman–Crippen LogP) is 5.37. The number of likely N-dealkylation sites (N-methyl/N-ethyl adjacent to an activating group) is 1. The van der Waals surface area contributed by atoms with Gasteiger partial charge in [-0.1, -0.05) is 82.2 Å². The van der Waals surface area contributed by atoms with E-state index in [4.69, 9.17) is 4.74 Å². The van der Waals surface area contributed by atoms with Crippen LogP contribution in [0.5, 0.6) is 0 Å². The zero-order valence-electron chi connectivity index (χ0n) is 17.0. The molecule has 3 atom stereocenters. The summed E-state index contributed by atoms with van der Waals surface area (Å²) >= 11 is 0. The monoisotopic (exact) mass is 359 g/mol. The molecule has 1 fully saturated rings. The molecule has 3 heteroatoms. The summed E-state index contributed by atoms with van der Waals surface area (Å²) in [5.41, 5.74) is 1.32. The fourth-order valence-corrected chi connectivity index (χ4v) is 4.25. The van der Waals surface area contributed by atoms with E-state index in [1.165, 1.54) is 63.9 Å². The number of carbonyl (C=O) groups excluding carboxylic acids is 1. The lowest BCUT2D eigenvalue weighted by atomic mass is 10.0. The van der Waals surface area contributed by atoms with Gasteiger partial charge in [0.2, 0.25) is 0 Å². The summed E-state index contributed by atoms with van der Waals surface area (Å²) < 4.78 is 5.69. The quantitative estimate of drug-likeness (QED) is 0.393. The van der Waals surface area contributed by atoms with Gasteiger partial charge in [-0.25, -0.2) is 0 Å². The normalized spacial score (nSPS) is 23.3. The molecule has 0 N–H and O–H groups in total. The van der Waals surface area contributed by atoms with Crippen molar-refractivity contribution in [2.24, 2.45) is 0 Å². The van der Waals surface area contributed by atoms with E-state index in [0.29, 0.717) is 6.04 Å². The Labute approximate surface area is 160 Å². The molecule has 3 nitrogen and oxygen atoms in total. The Bertz CT molecular complexity index is 516. The summed E-state index contributed by atoms with van der Waals surface area (Å²) in [6.45, 7) is 3.80. The van der Waals surface area contributed by atoms with Crippen LogP contribution in [-0.4, -0.2) is 36.1 Å².